The first-order chi connectivity index (χ1) is 17.8. The van der Waals surface area contributed by atoms with Gasteiger partial charge in [-0.3, -0.25) is 0 Å². The quantitative estimate of drug-likeness (QED) is 0.245. The number of methoxy groups -OCH3 is 1. The molecule has 2 aromatic carbocycles. The summed E-state index contributed by atoms with van der Waals surface area (Å²) in [5.41, 5.74) is 5.71. The van der Waals surface area contributed by atoms with E-state index in [2.05, 4.69) is 92.2 Å². The van der Waals surface area contributed by atoms with Crippen LogP contribution in [0.2, 0.25) is 0 Å². The van der Waals surface area contributed by atoms with Crippen LogP contribution in [0, 0.1) is 0 Å². The number of fused-ring (bicyclic) bond motifs is 1. The standard InChI is InChI=1S/C31H41N5O/c1-9-12-22-19-26-27(20-28(22)37-8)34-30(33-7)35-29(26)23-14-11-15-25(18-23)36-31(4,5)24(13-10-2)17-16-21(3)32-6/h9,11-21,32,36H,10H2,1-8H3,(H,33,34,35)/b12-9-,17-16-,24-13+. The zero-order chi connectivity index (χ0) is 27.0. The van der Waals surface area contributed by atoms with Crippen LogP contribution in [0.5, 0.6) is 5.75 Å². The van der Waals surface area contributed by atoms with Gasteiger partial charge < -0.3 is 20.7 Å². The maximum atomic E-state index is 5.63. The SMILES string of the molecule is C/C=C\c1cc2c(-c3cccc(NC(C)(C)C(/C=C\C(C)NC)=C/CC)c3)nc(NC)nc2cc1OC. The fraction of sp³-hybridized carbons (Fsp3) is 0.355. The first-order valence-electron chi connectivity index (χ1n) is 12.9. The number of hydrogen-bond acceptors (Lipinski definition) is 6. The Morgan fingerprint density at radius 3 is 2.57 bits per heavy atom. The van der Waals surface area contributed by atoms with Gasteiger partial charge in [0, 0.05) is 41.4 Å². The van der Waals surface area contributed by atoms with Gasteiger partial charge in [0.15, 0.2) is 0 Å². The van der Waals surface area contributed by atoms with E-state index >= 15 is 0 Å². The topological polar surface area (TPSA) is 71.1 Å². The lowest BCUT2D eigenvalue weighted by Gasteiger charge is -2.30. The Hall–Kier alpha value is -3.64. The molecule has 0 bridgehead atoms. The van der Waals surface area contributed by atoms with Crippen LogP contribution in [0.25, 0.3) is 28.2 Å². The van der Waals surface area contributed by atoms with Crippen molar-refractivity contribution >= 4 is 28.6 Å². The van der Waals surface area contributed by atoms with E-state index in [1.54, 1.807) is 7.11 Å². The van der Waals surface area contributed by atoms with Crippen LogP contribution in [0.1, 0.15) is 46.6 Å². The van der Waals surface area contributed by atoms with Crippen LogP contribution in [0.3, 0.4) is 0 Å². The highest BCUT2D eigenvalue weighted by atomic mass is 16.5. The Kier molecular flexibility index (Phi) is 9.48. The van der Waals surface area contributed by atoms with Gasteiger partial charge in [-0.1, -0.05) is 49.4 Å². The Morgan fingerprint density at radius 2 is 1.92 bits per heavy atom. The Morgan fingerprint density at radius 1 is 1.14 bits per heavy atom. The first-order valence-corrected chi connectivity index (χ1v) is 12.9. The van der Waals surface area contributed by atoms with E-state index in [0.29, 0.717) is 12.0 Å². The second kappa shape index (κ2) is 12.5. The Labute approximate surface area is 222 Å². The lowest BCUT2D eigenvalue weighted by atomic mass is 9.91. The molecule has 0 aliphatic carbocycles. The van der Waals surface area contributed by atoms with Crippen molar-refractivity contribution in [3.05, 3.63) is 71.8 Å². The Bertz CT molecular complexity index is 1310. The monoisotopic (exact) mass is 499 g/mol. The number of nitrogens with one attached hydrogen (secondary N) is 3. The molecule has 1 atom stereocenters. The summed E-state index contributed by atoms with van der Waals surface area (Å²) in [5, 5.41) is 11.1. The maximum absolute atomic E-state index is 5.63. The van der Waals surface area contributed by atoms with Crippen molar-refractivity contribution in [3.8, 4) is 17.0 Å². The van der Waals surface area contributed by atoms with E-state index in [1.807, 2.05) is 39.2 Å². The second-order valence-electron chi connectivity index (χ2n) is 9.59. The van der Waals surface area contributed by atoms with Gasteiger partial charge in [-0.05, 0) is 64.9 Å². The van der Waals surface area contributed by atoms with Crippen LogP contribution in [0.4, 0.5) is 11.6 Å². The zero-order valence-electron chi connectivity index (χ0n) is 23.4. The third kappa shape index (κ3) is 6.77. The average molecular weight is 500 g/mol. The molecule has 6 heteroatoms. The van der Waals surface area contributed by atoms with Crippen LogP contribution < -0.4 is 20.7 Å². The van der Waals surface area contributed by atoms with E-state index in [1.165, 1.54) is 5.57 Å². The van der Waals surface area contributed by atoms with Crippen molar-refractivity contribution < 1.29 is 4.74 Å². The number of rotatable bonds is 11. The van der Waals surface area contributed by atoms with Gasteiger partial charge in [0.05, 0.1) is 23.9 Å². The molecule has 0 amide bonds. The molecule has 0 fully saturated rings. The second-order valence-corrected chi connectivity index (χ2v) is 9.59. The fourth-order valence-electron chi connectivity index (χ4n) is 4.26. The van der Waals surface area contributed by atoms with Crippen molar-refractivity contribution in [1.82, 2.24) is 15.3 Å². The average Bonchev–Trinajstić information content (AvgIpc) is 2.89. The Balaban J connectivity index is 2.08. The summed E-state index contributed by atoms with van der Waals surface area (Å²) in [6.07, 6.45) is 11.7. The molecule has 37 heavy (non-hydrogen) atoms. The third-order valence-corrected chi connectivity index (χ3v) is 6.38. The van der Waals surface area contributed by atoms with Crippen LogP contribution in [0.15, 0.2) is 66.3 Å². The molecule has 0 saturated carbocycles. The smallest absolute Gasteiger partial charge is 0.223 e. The summed E-state index contributed by atoms with van der Waals surface area (Å²) in [7, 11) is 5.49. The molecule has 1 unspecified atom stereocenters. The van der Waals surface area contributed by atoms with Gasteiger partial charge in [0.25, 0.3) is 0 Å². The van der Waals surface area contributed by atoms with Crippen molar-refractivity contribution in [3.63, 3.8) is 0 Å². The normalized spacial score (nSPS) is 13.5. The van der Waals surface area contributed by atoms with E-state index in [0.717, 1.165) is 45.6 Å². The molecular weight excluding hydrogens is 458 g/mol. The summed E-state index contributed by atoms with van der Waals surface area (Å²) in [6.45, 7) is 10.7. The lowest BCUT2D eigenvalue weighted by Crippen LogP contribution is -2.33. The minimum Gasteiger partial charge on any atom is -0.496 e. The van der Waals surface area contributed by atoms with E-state index in [-0.39, 0.29) is 5.54 Å². The van der Waals surface area contributed by atoms with Gasteiger partial charge in [-0.2, -0.15) is 0 Å². The van der Waals surface area contributed by atoms with Crippen LogP contribution >= 0.6 is 0 Å². The molecule has 0 saturated heterocycles. The molecule has 6 nitrogen and oxygen atoms in total. The summed E-state index contributed by atoms with van der Waals surface area (Å²) < 4.78 is 5.63. The van der Waals surface area contributed by atoms with Gasteiger partial charge in [0.2, 0.25) is 5.95 Å². The molecule has 0 spiro atoms. The number of benzene rings is 2. The number of allylic oxidation sites excluding steroid dienone is 2. The first kappa shape index (κ1) is 27.9. The molecule has 3 rings (SSSR count). The molecule has 3 aromatic rings. The van der Waals surface area contributed by atoms with E-state index in [9.17, 15) is 0 Å². The van der Waals surface area contributed by atoms with Crippen molar-refractivity contribution in [2.24, 2.45) is 0 Å². The zero-order valence-corrected chi connectivity index (χ0v) is 23.4. The molecule has 3 N–H and O–H groups in total. The molecular formula is C31H41N5O. The molecule has 1 heterocycles. The molecule has 0 aliphatic rings. The number of anilines is 2. The van der Waals surface area contributed by atoms with Gasteiger partial charge in [0.1, 0.15) is 5.75 Å². The number of likely N-dealkylation sites (N-methyl/N-ethyl adjacent to an activating group) is 1. The van der Waals surface area contributed by atoms with Gasteiger partial charge >= 0.3 is 0 Å². The molecule has 1 aromatic heterocycles. The summed E-state index contributed by atoms with van der Waals surface area (Å²) in [4.78, 5) is 9.56. The van der Waals surface area contributed by atoms with Gasteiger partial charge in [-0.25, -0.2) is 9.97 Å². The lowest BCUT2D eigenvalue weighted by molar-refractivity contribution is 0.414. The van der Waals surface area contributed by atoms with Crippen LogP contribution in [-0.4, -0.2) is 42.8 Å². The number of nitrogens with zero attached hydrogens (tertiary/aromatic N) is 2. The predicted molar refractivity (Wildman–Crippen MR) is 160 cm³/mol. The summed E-state index contributed by atoms with van der Waals surface area (Å²) in [5.74, 6) is 1.35. The highest BCUT2D eigenvalue weighted by Crippen LogP contribution is 2.34. The predicted octanol–water partition coefficient (Wildman–Crippen LogP) is 7.07. The largest absolute Gasteiger partial charge is 0.496 e. The molecule has 196 valence electrons. The number of ether oxygens (including phenoxy) is 1. The van der Waals surface area contributed by atoms with Crippen molar-refractivity contribution in [1.29, 1.82) is 0 Å². The third-order valence-electron chi connectivity index (χ3n) is 6.38. The minimum absolute atomic E-state index is 0.269. The van der Waals surface area contributed by atoms with Crippen molar-refractivity contribution in [2.75, 3.05) is 31.8 Å². The fourth-order valence-corrected chi connectivity index (χ4v) is 4.26. The van der Waals surface area contributed by atoms with E-state index < -0.39 is 0 Å². The van der Waals surface area contributed by atoms with Crippen LogP contribution in [-0.2, 0) is 0 Å². The minimum atomic E-state index is -0.269. The highest BCUT2D eigenvalue weighted by Gasteiger charge is 2.22. The molecule has 0 aliphatic heterocycles. The highest BCUT2D eigenvalue weighted by molar-refractivity contribution is 5.96. The van der Waals surface area contributed by atoms with E-state index in [4.69, 9.17) is 14.7 Å². The molecule has 0 radical (unpaired) electrons. The number of aromatic nitrogens is 2. The summed E-state index contributed by atoms with van der Waals surface area (Å²) >= 11 is 0. The van der Waals surface area contributed by atoms with Crippen molar-refractivity contribution in [2.45, 2.75) is 52.6 Å². The van der Waals surface area contributed by atoms with Gasteiger partial charge in [-0.15, -0.1) is 0 Å². The summed E-state index contributed by atoms with van der Waals surface area (Å²) in [6, 6.07) is 12.8. The maximum Gasteiger partial charge on any atom is 0.223 e. The number of hydrogen-bond donors (Lipinski definition) is 3.